The van der Waals surface area contributed by atoms with Crippen molar-refractivity contribution in [3.05, 3.63) is 77.5 Å². The van der Waals surface area contributed by atoms with Crippen LogP contribution < -0.4 is 10.6 Å². The molecule has 136 valence electrons. The smallest absolute Gasteiger partial charge is 0.276 e. The van der Waals surface area contributed by atoms with E-state index < -0.39 is 5.91 Å². The van der Waals surface area contributed by atoms with Gasteiger partial charge in [0.2, 0.25) is 0 Å². The Labute approximate surface area is 156 Å². The van der Waals surface area contributed by atoms with Crippen LogP contribution in [0.3, 0.4) is 0 Å². The predicted octanol–water partition coefficient (Wildman–Crippen LogP) is 3.13. The average molecular weight is 362 g/mol. The fourth-order valence-corrected chi connectivity index (χ4v) is 2.46. The highest BCUT2D eigenvalue weighted by atomic mass is 16.2. The number of nitrogens with zero attached hydrogens (tertiary/aromatic N) is 2. The Hall–Kier alpha value is -3.74. The standard InChI is InChI=1S/C20H18N4O3/c1-13(25)14-8-10-16(11-9-14)21-20(27)17-12-18(24(2)23-17)22-19(26)15-6-4-3-5-7-15/h3-12H,1-2H3,(H,21,27)(H,22,26). The molecule has 2 aromatic carbocycles. The van der Waals surface area contributed by atoms with Gasteiger partial charge in [0.15, 0.2) is 11.5 Å². The molecule has 3 rings (SSSR count). The molecule has 0 spiro atoms. The lowest BCUT2D eigenvalue weighted by Gasteiger charge is -2.04. The van der Waals surface area contributed by atoms with Gasteiger partial charge in [-0.2, -0.15) is 5.10 Å². The Morgan fingerprint density at radius 3 is 2.15 bits per heavy atom. The van der Waals surface area contributed by atoms with E-state index >= 15 is 0 Å². The van der Waals surface area contributed by atoms with Gasteiger partial charge in [0.25, 0.3) is 11.8 Å². The summed E-state index contributed by atoms with van der Waals surface area (Å²) in [5.41, 5.74) is 1.79. The molecular formula is C20H18N4O3. The summed E-state index contributed by atoms with van der Waals surface area (Å²) in [5.74, 6) is -0.343. The number of hydrogen-bond acceptors (Lipinski definition) is 4. The highest BCUT2D eigenvalue weighted by Gasteiger charge is 2.15. The molecule has 0 saturated heterocycles. The lowest BCUT2D eigenvalue weighted by Crippen LogP contribution is -2.14. The van der Waals surface area contributed by atoms with E-state index in [1.807, 2.05) is 6.07 Å². The number of aromatic nitrogens is 2. The molecule has 2 N–H and O–H groups in total. The summed E-state index contributed by atoms with van der Waals surface area (Å²) in [6.45, 7) is 1.48. The maximum Gasteiger partial charge on any atom is 0.276 e. The number of Topliss-reactive ketones (excluding diaryl/α,β-unsaturated/α-hetero) is 1. The first-order valence-electron chi connectivity index (χ1n) is 8.27. The third kappa shape index (κ3) is 4.27. The molecule has 0 fully saturated rings. The molecule has 7 nitrogen and oxygen atoms in total. The van der Waals surface area contributed by atoms with Crippen molar-refractivity contribution in [3.63, 3.8) is 0 Å². The molecule has 0 atom stereocenters. The van der Waals surface area contributed by atoms with Crippen molar-refractivity contribution in [1.82, 2.24) is 9.78 Å². The Morgan fingerprint density at radius 2 is 1.52 bits per heavy atom. The van der Waals surface area contributed by atoms with E-state index in [9.17, 15) is 14.4 Å². The SMILES string of the molecule is CC(=O)c1ccc(NC(=O)c2cc(NC(=O)c3ccccc3)n(C)n2)cc1. The predicted molar refractivity (Wildman–Crippen MR) is 102 cm³/mol. The monoisotopic (exact) mass is 362 g/mol. The number of hydrogen-bond donors (Lipinski definition) is 2. The van der Waals surface area contributed by atoms with Crippen molar-refractivity contribution in [1.29, 1.82) is 0 Å². The molecule has 0 radical (unpaired) electrons. The van der Waals surface area contributed by atoms with Crippen LogP contribution in [0.5, 0.6) is 0 Å². The van der Waals surface area contributed by atoms with Gasteiger partial charge in [-0.1, -0.05) is 18.2 Å². The number of carbonyl (C=O) groups is 3. The van der Waals surface area contributed by atoms with Gasteiger partial charge in [0.05, 0.1) is 0 Å². The van der Waals surface area contributed by atoms with Crippen LogP contribution in [-0.4, -0.2) is 27.4 Å². The zero-order valence-corrected chi connectivity index (χ0v) is 14.9. The second kappa shape index (κ2) is 7.65. The number of aryl methyl sites for hydroxylation is 1. The molecule has 27 heavy (non-hydrogen) atoms. The fourth-order valence-electron chi connectivity index (χ4n) is 2.46. The maximum absolute atomic E-state index is 12.4. The molecule has 2 amide bonds. The Bertz CT molecular complexity index is 992. The molecule has 0 saturated carbocycles. The minimum absolute atomic E-state index is 0.0450. The normalized spacial score (nSPS) is 10.3. The van der Waals surface area contributed by atoms with Gasteiger partial charge in [0.1, 0.15) is 5.82 Å². The number of anilines is 2. The number of carbonyl (C=O) groups excluding carboxylic acids is 3. The maximum atomic E-state index is 12.4. The van der Waals surface area contributed by atoms with E-state index in [-0.39, 0.29) is 17.4 Å². The first-order chi connectivity index (χ1) is 12.9. The van der Waals surface area contributed by atoms with Gasteiger partial charge in [-0.05, 0) is 43.3 Å². The van der Waals surface area contributed by atoms with Crippen molar-refractivity contribution in [3.8, 4) is 0 Å². The van der Waals surface area contributed by atoms with E-state index in [0.29, 0.717) is 22.6 Å². The number of amides is 2. The van der Waals surface area contributed by atoms with Crippen LogP contribution in [0.2, 0.25) is 0 Å². The third-order valence-electron chi connectivity index (χ3n) is 3.94. The largest absolute Gasteiger partial charge is 0.321 e. The second-order valence-corrected chi connectivity index (χ2v) is 5.95. The van der Waals surface area contributed by atoms with Crippen molar-refractivity contribution in [2.24, 2.45) is 7.05 Å². The van der Waals surface area contributed by atoms with E-state index in [4.69, 9.17) is 0 Å². The van der Waals surface area contributed by atoms with Gasteiger partial charge < -0.3 is 10.6 Å². The Balaban J connectivity index is 1.70. The lowest BCUT2D eigenvalue weighted by molar-refractivity contribution is 0.101. The molecule has 0 aliphatic heterocycles. The lowest BCUT2D eigenvalue weighted by atomic mass is 10.1. The summed E-state index contributed by atoms with van der Waals surface area (Å²) in [6.07, 6.45) is 0. The first kappa shape index (κ1) is 18.1. The van der Waals surface area contributed by atoms with Crippen LogP contribution in [0.25, 0.3) is 0 Å². The van der Waals surface area contributed by atoms with Crippen molar-refractivity contribution in [2.75, 3.05) is 10.6 Å². The van der Waals surface area contributed by atoms with Crippen LogP contribution in [0.4, 0.5) is 11.5 Å². The van der Waals surface area contributed by atoms with Crippen LogP contribution in [0.1, 0.15) is 38.1 Å². The van der Waals surface area contributed by atoms with E-state index in [2.05, 4.69) is 15.7 Å². The highest BCUT2D eigenvalue weighted by molar-refractivity contribution is 6.06. The van der Waals surface area contributed by atoms with Crippen molar-refractivity contribution >= 4 is 29.1 Å². The number of nitrogens with one attached hydrogen (secondary N) is 2. The number of benzene rings is 2. The molecule has 7 heteroatoms. The zero-order valence-electron chi connectivity index (χ0n) is 14.9. The summed E-state index contributed by atoms with van der Waals surface area (Å²) in [4.78, 5) is 35.9. The van der Waals surface area contributed by atoms with Gasteiger partial charge >= 0.3 is 0 Å². The summed E-state index contributed by atoms with van der Waals surface area (Å²) < 4.78 is 1.43. The average Bonchev–Trinajstić information content (AvgIpc) is 3.03. The van der Waals surface area contributed by atoms with Gasteiger partial charge in [0, 0.05) is 29.9 Å². The van der Waals surface area contributed by atoms with Crippen LogP contribution in [0, 0.1) is 0 Å². The molecule has 1 heterocycles. The quantitative estimate of drug-likeness (QED) is 0.682. The van der Waals surface area contributed by atoms with Crippen LogP contribution >= 0.6 is 0 Å². The van der Waals surface area contributed by atoms with Crippen molar-refractivity contribution < 1.29 is 14.4 Å². The summed E-state index contributed by atoms with van der Waals surface area (Å²) >= 11 is 0. The van der Waals surface area contributed by atoms with Crippen LogP contribution in [0.15, 0.2) is 60.7 Å². The van der Waals surface area contributed by atoms with Crippen LogP contribution in [-0.2, 0) is 7.05 Å². The van der Waals surface area contributed by atoms with E-state index in [0.717, 1.165) is 0 Å². The highest BCUT2D eigenvalue weighted by Crippen LogP contribution is 2.15. The summed E-state index contributed by atoms with van der Waals surface area (Å²) in [7, 11) is 1.64. The minimum Gasteiger partial charge on any atom is -0.321 e. The Morgan fingerprint density at radius 1 is 0.852 bits per heavy atom. The summed E-state index contributed by atoms with van der Waals surface area (Å²) in [5, 5.41) is 9.58. The van der Waals surface area contributed by atoms with Gasteiger partial charge in [-0.3, -0.25) is 19.1 Å². The number of rotatable bonds is 5. The molecule has 0 bridgehead atoms. The minimum atomic E-state index is -0.415. The molecule has 0 unspecified atom stereocenters. The summed E-state index contributed by atoms with van der Waals surface area (Å²) in [6, 6.07) is 16.8. The molecular weight excluding hydrogens is 344 g/mol. The zero-order chi connectivity index (χ0) is 19.4. The van der Waals surface area contributed by atoms with E-state index in [1.54, 1.807) is 55.6 Å². The fraction of sp³-hybridized carbons (Fsp3) is 0.100. The molecule has 1 aromatic heterocycles. The number of ketones is 1. The third-order valence-corrected chi connectivity index (χ3v) is 3.94. The van der Waals surface area contributed by atoms with Gasteiger partial charge in [-0.15, -0.1) is 0 Å². The molecule has 0 aliphatic carbocycles. The second-order valence-electron chi connectivity index (χ2n) is 5.95. The topological polar surface area (TPSA) is 93.1 Å². The van der Waals surface area contributed by atoms with Gasteiger partial charge in [-0.25, -0.2) is 0 Å². The molecule has 3 aromatic rings. The Kier molecular flexibility index (Phi) is 5.12. The van der Waals surface area contributed by atoms with E-state index in [1.165, 1.54) is 17.7 Å². The molecule has 0 aliphatic rings. The van der Waals surface area contributed by atoms with Crippen molar-refractivity contribution in [2.45, 2.75) is 6.92 Å². The first-order valence-corrected chi connectivity index (χ1v) is 8.27.